The first-order valence-electron chi connectivity index (χ1n) is 2.71. The van der Waals surface area contributed by atoms with Crippen molar-refractivity contribution >= 4 is 11.6 Å². The monoisotopic (exact) mass is 165 g/mol. The summed E-state index contributed by atoms with van der Waals surface area (Å²) in [5.74, 6) is 0. The molecule has 0 aliphatic carbocycles. The molecule has 0 spiro atoms. The van der Waals surface area contributed by atoms with E-state index in [0.29, 0.717) is 5.15 Å². The van der Waals surface area contributed by atoms with E-state index in [2.05, 4.69) is 0 Å². The van der Waals surface area contributed by atoms with Gasteiger partial charge in [-0.15, -0.1) is 0 Å². The molecular weight excluding hydrogens is 160 g/mol. The standard InChI is InChI=1S/C6H6ClF2N/c1-10-3-4(6(8)9)2-5(10)7/h2-3,6H,1H3. The Kier molecular flexibility index (Phi) is 1.94. The first-order chi connectivity index (χ1) is 4.61. The molecular formula is C6H6ClF2N. The molecule has 0 unspecified atom stereocenters. The van der Waals surface area contributed by atoms with Crippen LogP contribution in [0.25, 0.3) is 0 Å². The van der Waals surface area contributed by atoms with Gasteiger partial charge in [0.05, 0.1) is 0 Å². The molecule has 0 saturated carbocycles. The van der Waals surface area contributed by atoms with Crippen LogP contribution in [0.4, 0.5) is 8.78 Å². The van der Waals surface area contributed by atoms with Crippen LogP contribution in [0.5, 0.6) is 0 Å². The molecule has 1 heterocycles. The minimum Gasteiger partial charge on any atom is -0.341 e. The van der Waals surface area contributed by atoms with Crippen molar-refractivity contribution in [1.82, 2.24) is 4.57 Å². The lowest BCUT2D eigenvalue weighted by molar-refractivity contribution is 0.151. The molecule has 10 heavy (non-hydrogen) atoms. The molecule has 0 aliphatic heterocycles. The Bertz CT molecular complexity index is 212. The van der Waals surface area contributed by atoms with E-state index in [1.54, 1.807) is 7.05 Å². The summed E-state index contributed by atoms with van der Waals surface area (Å²) in [5.41, 5.74) is -0.0347. The number of hydrogen-bond donors (Lipinski definition) is 0. The van der Waals surface area contributed by atoms with Crippen molar-refractivity contribution in [2.45, 2.75) is 6.43 Å². The summed E-state index contributed by atoms with van der Waals surface area (Å²) in [5, 5.41) is 0.329. The van der Waals surface area contributed by atoms with Crippen molar-refractivity contribution in [1.29, 1.82) is 0 Å². The predicted molar refractivity (Wildman–Crippen MR) is 35.4 cm³/mol. The van der Waals surface area contributed by atoms with Crippen molar-refractivity contribution in [3.05, 3.63) is 23.0 Å². The zero-order valence-electron chi connectivity index (χ0n) is 5.31. The van der Waals surface area contributed by atoms with Crippen LogP contribution in [0, 0.1) is 0 Å². The van der Waals surface area contributed by atoms with Crippen LogP contribution >= 0.6 is 11.6 Å². The molecule has 0 amide bonds. The number of aryl methyl sites for hydroxylation is 1. The first kappa shape index (κ1) is 7.54. The molecule has 1 nitrogen and oxygen atoms in total. The molecule has 1 rings (SSSR count). The average molecular weight is 166 g/mol. The van der Waals surface area contributed by atoms with Crippen molar-refractivity contribution in [3.8, 4) is 0 Å². The van der Waals surface area contributed by atoms with E-state index in [1.807, 2.05) is 0 Å². The highest BCUT2D eigenvalue weighted by molar-refractivity contribution is 6.29. The normalized spacial score (nSPS) is 10.9. The Morgan fingerprint density at radius 2 is 2.20 bits per heavy atom. The smallest absolute Gasteiger partial charge is 0.265 e. The Morgan fingerprint density at radius 3 is 2.40 bits per heavy atom. The second-order valence-corrected chi connectivity index (χ2v) is 2.40. The van der Waals surface area contributed by atoms with Gasteiger partial charge in [-0.2, -0.15) is 0 Å². The quantitative estimate of drug-likeness (QED) is 0.603. The number of hydrogen-bond acceptors (Lipinski definition) is 0. The summed E-state index contributed by atoms with van der Waals surface area (Å²) >= 11 is 5.50. The van der Waals surface area contributed by atoms with E-state index >= 15 is 0 Å². The van der Waals surface area contributed by atoms with Gasteiger partial charge >= 0.3 is 0 Å². The third kappa shape index (κ3) is 1.29. The Labute approximate surface area is 62.2 Å². The zero-order valence-corrected chi connectivity index (χ0v) is 6.07. The van der Waals surface area contributed by atoms with Gasteiger partial charge in [0.1, 0.15) is 5.15 Å². The fourth-order valence-corrected chi connectivity index (χ4v) is 0.856. The minimum absolute atomic E-state index is 0.0347. The molecule has 0 bridgehead atoms. The van der Waals surface area contributed by atoms with Gasteiger partial charge in [0, 0.05) is 18.8 Å². The van der Waals surface area contributed by atoms with Crippen LogP contribution in [-0.2, 0) is 7.05 Å². The lowest BCUT2D eigenvalue weighted by atomic mass is 10.4. The fourth-order valence-electron chi connectivity index (χ4n) is 0.681. The fraction of sp³-hybridized carbons (Fsp3) is 0.333. The van der Waals surface area contributed by atoms with Crippen molar-refractivity contribution in [3.63, 3.8) is 0 Å². The Morgan fingerprint density at radius 1 is 1.60 bits per heavy atom. The summed E-state index contributed by atoms with van der Waals surface area (Å²) in [4.78, 5) is 0. The molecule has 0 fully saturated rings. The maximum atomic E-state index is 11.9. The second-order valence-electron chi connectivity index (χ2n) is 2.01. The topological polar surface area (TPSA) is 4.93 Å². The van der Waals surface area contributed by atoms with Crippen molar-refractivity contribution < 1.29 is 8.78 Å². The highest BCUT2D eigenvalue weighted by atomic mass is 35.5. The number of aromatic nitrogens is 1. The predicted octanol–water partition coefficient (Wildman–Crippen LogP) is 2.62. The molecule has 0 N–H and O–H groups in total. The zero-order chi connectivity index (χ0) is 7.72. The van der Waals surface area contributed by atoms with Crippen LogP contribution in [-0.4, -0.2) is 4.57 Å². The van der Waals surface area contributed by atoms with Gasteiger partial charge in [0.2, 0.25) is 0 Å². The third-order valence-corrected chi connectivity index (χ3v) is 1.59. The molecule has 1 aromatic rings. The molecule has 4 heteroatoms. The summed E-state index contributed by atoms with van der Waals surface area (Å²) in [6, 6.07) is 1.26. The van der Waals surface area contributed by atoms with Crippen LogP contribution < -0.4 is 0 Å². The third-order valence-electron chi connectivity index (χ3n) is 1.22. The van der Waals surface area contributed by atoms with Gasteiger partial charge in [-0.3, -0.25) is 0 Å². The van der Waals surface area contributed by atoms with Gasteiger partial charge in [-0.05, 0) is 6.07 Å². The first-order valence-corrected chi connectivity index (χ1v) is 3.09. The van der Waals surface area contributed by atoms with Gasteiger partial charge in [0.25, 0.3) is 6.43 Å². The van der Waals surface area contributed by atoms with E-state index in [4.69, 9.17) is 11.6 Å². The summed E-state index contributed by atoms with van der Waals surface area (Å²) in [7, 11) is 1.62. The Hall–Kier alpha value is -0.570. The number of halogens is 3. The maximum absolute atomic E-state index is 11.9. The van der Waals surface area contributed by atoms with Crippen LogP contribution in [0.3, 0.4) is 0 Å². The van der Waals surface area contributed by atoms with E-state index in [9.17, 15) is 8.78 Å². The largest absolute Gasteiger partial charge is 0.341 e. The number of rotatable bonds is 1. The van der Waals surface area contributed by atoms with E-state index in [-0.39, 0.29) is 5.56 Å². The van der Waals surface area contributed by atoms with Crippen LogP contribution in [0.1, 0.15) is 12.0 Å². The maximum Gasteiger partial charge on any atom is 0.265 e. The molecule has 0 aromatic carbocycles. The van der Waals surface area contributed by atoms with Gasteiger partial charge in [-0.25, -0.2) is 8.78 Å². The summed E-state index contributed by atoms with van der Waals surface area (Å²) < 4.78 is 25.2. The van der Waals surface area contributed by atoms with E-state index < -0.39 is 6.43 Å². The highest BCUT2D eigenvalue weighted by Crippen LogP contribution is 2.22. The van der Waals surface area contributed by atoms with Crippen LogP contribution in [0.2, 0.25) is 5.15 Å². The van der Waals surface area contributed by atoms with Gasteiger partial charge < -0.3 is 4.57 Å². The van der Waals surface area contributed by atoms with E-state index in [1.165, 1.54) is 16.8 Å². The molecule has 1 aromatic heterocycles. The molecule has 0 atom stereocenters. The molecule has 0 saturated heterocycles. The summed E-state index contributed by atoms with van der Waals surface area (Å²) in [6.07, 6.45) is -1.12. The van der Waals surface area contributed by atoms with Gasteiger partial charge in [0.15, 0.2) is 0 Å². The average Bonchev–Trinajstić information content (AvgIpc) is 2.13. The molecule has 56 valence electrons. The van der Waals surface area contributed by atoms with Gasteiger partial charge in [-0.1, -0.05) is 11.6 Å². The van der Waals surface area contributed by atoms with E-state index in [0.717, 1.165) is 0 Å². The highest BCUT2D eigenvalue weighted by Gasteiger charge is 2.09. The minimum atomic E-state index is -2.43. The molecule has 0 aliphatic rings. The Balaban J connectivity index is 2.98. The lowest BCUT2D eigenvalue weighted by Crippen LogP contribution is -1.82. The SMILES string of the molecule is Cn1cc(C(F)F)cc1Cl. The number of nitrogens with zero attached hydrogens (tertiary/aromatic N) is 1. The van der Waals surface area contributed by atoms with Crippen molar-refractivity contribution in [2.75, 3.05) is 0 Å². The summed E-state index contributed by atoms with van der Waals surface area (Å²) in [6.45, 7) is 0. The second kappa shape index (κ2) is 2.58. The lowest BCUT2D eigenvalue weighted by Gasteiger charge is -1.90. The molecule has 0 radical (unpaired) electrons. The van der Waals surface area contributed by atoms with Crippen molar-refractivity contribution in [2.24, 2.45) is 7.05 Å². The van der Waals surface area contributed by atoms with Crippen LogP contribution in [0.15, 0.2) is 12.3 Å². The number of alkyl halides is 2.